The van der Waals surface area contributed by atoms with E-state index in [-0.39, 0.29) is 23.5 Å². The van der Waals surface area contributed by atoms with Crippen molar-refractivity contribution in [3.05, 3.63) is 5.69 Å². The summed E-state index contributed by atoms with van der Waals surface area (Å²) < 4.78 is 4.40. The first-order valence-corrected chi connectivity index (χ1v) is 5.00. The van der Waals surface area contributed by atoms with E-state index >= 15 is 0 Å². The average Bonchev–Trinajstić information content (AvgIpc) is 2.65. The summed E-state index contributed by atoms with van der Waals surface area (Å²) in [4.78, 5) is 13.6. The third kappa shape index (κ3) is 2.26. The molecule has 1 heterocycles. The number of hydrogen-bond acceptors (Lipinski definition) is 5. The molecular weight excluding hydrogens is 196 g/mol. The van der Waals surface area contributed by atoms with Crippen molar-refractivity contribution in [2.75, 3.05) is 12.3 Å². The first-order chi connectivity index (χ1) is 7.11. The molecule has 1 rings (SSSR count). The molecule has 1 atom stereocenters. The molecule has 0 aliphatic heterocycles. The zero-order valence-electron chi connectivity index (χ0n) is 9.23. The van der Waals surface area contributed by atoms with Gasteiger partial charge in [0.05, 0.1) is 0 Å². The highest BCUT2D eigenvalue weighted by atomic mass is 16.6. The molecule has 0 aromatic carbocycles. The summed E-state index contributed by atoms with van der Waals surface area (Å²) in [5.41, 5.74) is 5.56. The second-order valence-corrected chi connectivity index (χ2v) is 3.35. The number of amides is 1. The van der Waals surface area contributed by atoms with Crippen LogP contribution >= 0.6 is 0 Å². The molecule has 1 aromatic heterocycles. The normalized spacial score (nSPS) is 12.5. The summed E-state index contributed by atoms with van der Waals surface area (Å²) >= 11 is 0. The Balaban J connectivity index is 2.87. The number of anilines is 1. The largest absolute Gasteiger partial charge is 0.379 e. The molecule has 15 heavy (non-hydrogen) atoms. The van der Waals surface area contributed by atoms with E-state index in [2.05, 4.69) is 14.9 Å². The minimum atomic E-state index is -0.231. The topological polar surface area (TPSA) is 85.2 Å². The molecule has 0 fully saturated rings. The Labute approximate surface area is 88.4 Å². The molecule has 6 heteroatoms. The fourth-order valence-electron chi connectivity index (χ4n) is 1.36. The minimum Gasteiger partial charge on any atom is -0.379 e. The summed E-state index contributed by atoms with van der Waals surface area (Å²) in [6.45, 7) is 6.52. The lowest BCUT2D eigenvalue weighted by atomic mass is 10.2. The molecule has 0 aliphatic carbocycles. The van der Waals surface area contributed by atoms with Crippen molar-refractivity contribution < 1.29 is 9.42 Å². The van der Waals surface area contributed by atoms with Crippen LogP contribution in [0.5, 0.6) is 0 Å². The Morgan fingerprint density at radius 1 is 1.53 bits per heavy atom. The Hall–Kier alpha value is -1.59. The van der Waals surface area contributed by atoms with Crippen molar-refractivity contribution in [3.8, 4) is 0 Å². The first kappa shape index (κ1) is 11.5. The maximum absolute atomic E-state index is 11.9. The van der Waals surface area contributed by atoms with Gasteiger partial charge in [0.1, 0.15) is 0 Å². The molecule has 1 amide bonds. The van der Waals surface area contributed by atoms with Crippen molar-refractivity contribution in [1.29, 1.82) is 0 Å². The standard InChI is InChI=1S/C9H16N4O2/c1-4-6(3)13(5-2)9(14)7-8(10)12-15-11-7/h6H,4-5H2,1-3H3,(H2,10,12). The molecule has 0 saturated heterocycles. The fourth-order valence-corrected chi connectivity index (χ4v) is 1.36. The minimum absolute atomic E-state index is 0.0433. The number of nitrogens with zero attached hydrogens (tertiary/aromatic N) is 3. The van der Waals surface area contributed by atoms with E-state index in [0.717, 1.165) is 6.42 Å². The molecule has 0 saturated carbocycles. The van der Waals surface area contributed by atoms with E-state index in [0.29, 0.717) is 6.54 Å². The predicted octanol–water partition coefficient (Wildman–Crippen LogP) is 0.912. The van der Waals surface area contributed by atoms with Crippen molar-refractivity contribution in [1.82, 2.24) is 15.2 Å². The van der Waals surface area contributed by atoms with E-state index in [1.807, 2.05) is 20.8 Å². The maximum Gasteiger partial charge on any atom is 0.280 e. The van der Waals surface area contributed by atoms with Crippen LogP contribution in [-0.4, -0.2) is 33.7 Å². The van der Waals surface area contributed by atoms with Crippen molar-refractivity contribution in [2.24, 2.45) is 0 Å². The van der Waals surface area contributed by atoms with Crippen LogP contribution in [0.25, 0.3) is 0 Å². The van der Waals surface area contributed by atoms with Crippen LogP contribution in [0.3, 0.4) is 0 Å². The summed E-state index contributed by atoms with van der Waals surface area (Å²) in [5.74, 6) is -0.188. The number of nitrogens with two attached hydrogens (primary N) is 1. The van der Waals surface area contributed by atoms with Gasteiger partial charge in [0, 0.05) is 12.6 Å². The lowest BCUT2D eigenvalue weighted by Crippen LogP contribution is -2.38. The highest BCUT2D eigenvalue weighted by Crippen LogP contribution is 2.12. The summed E-state index contributed by atoms with van der Waals surface area (Å²) in [6.07, 6.45) is 0.880. The van der Waals surface area contributed by atoms with Crippen LogP contribution in [0.2, 0.25) is 0 Å². The van der Waals surface area contributed by atoms with Gasteiger partial charge < -0.3 is 10.6 Å². The van der Waals surface area contributed by atoms with Gasteiger partial charge in [-0.3, -0.25) is 4.79 Å². The third-order valence-corrected chi connectivity index (χ3v) is 2.44. The van der Waals surface area contributed by atoms with Crippen LogP contribution in [0, 0.1) is 0 Å². The molecule has 6 nitrogen and oxygen atoms in total. The Morgan fingerprint density at radius 3 is 2.60 bits per heavy atom. The number of carbonyl (C=O) groups excluding carboxylic acids is 1. The van der Waals surface area contributed by atoms with Gasteiger partial charge in [-0.25, -0.2) is 4.63 Å². The van der Waals surface area contributed by atoms with E-state index in [1.165, 1.54) is 0 Å². The van der Waals surface area contributed by atoms with Gasteiger partial charge >= 0.3 is 0 Å². The van der Waals surface area contributed by atoms with Crippen LogP contribution in [0.1, 0.15) is 37.7 Å². The maximum atomic E-state index is 11.9. The third-order valence-electron chi connectivity index (χ3n) is 2.44. The Morgan fingerprint density at radius 2 is 2.20 bits per heavy atom. The highest BCUT2D eigenvalue weighted by molar-refractivity contribution is 5.96. The number of aromatic nitrogens is 2. The highest BCUT2D eigenvalue weighted by Gasteiger charge is 2.24. The molecular formula is C9H16N4O2. The lowest BCUT2D eigenvalue weighted by Gasteiger charge is -2.26. The van der Waals surface area contributed by atoms with Gasteiger partial charge in [0.2, 0.25) is 11.5 Å². The number of hydrogen-bond donors (Lipinski definition) is 1. The van der Waals surface area contributed by atoms with Gasteiger partial charge in [-0.1, -0.05) is 6.92 Å². The van der Waals surface area contributed by atoms with Crippen molar-refractivity contribution in [2.45, 2.75) is 33.2 Å². The van der Waals surface area contributed by atoms with E-state index in [9.17, 15) is 4.79 Å². The Bertz CT molecular complexity index is 337. The van der Waals surface area contributed by atoms with Gasteiger partial charge in [0.15, 0.2) is 0 Å². The SMILES string of the molecule is CCC(C)N(CC)C(=O)c1nonc1N. The van der Waals surface area contributed by atoms with E-state index in [1.54, 1.807) is 4.90 Å². The van der Waals surface area contributed by atoms with Gasteiger partial charge in [-0.15, -0.1) is 0 Å². The van der Waals surface area contributed by atoms with Crippen LogP contribution in [-0.2, 0) is 0 Å². The van der Waals surface area contributed by atoms with Crippen molar-refractivity contribution >= 4 is 11.7 Å². The zero-order valence-corrected chi connectivity index (χ0v) is 9.23. The molecule has 0 spiro atoms. The van der Waals surface area contributed by atoms with Gasteiger partial charge in [0.25, 0.3) is 5.91 Å². The molecule has 1 aromatic rings. The smallest absolute Gasteiger partial charge is 0.280 e. The molecule has 2 N–H and O–H groups in total. The van der Waals surface area contributed by atoms with Gasteiger partial charge in [-0.2, -0.15) is 0 Å². The molecule has 0 bridgehead atoms. The molecule has 0 radical (unpaired) electrons. The second kappa shape index (κ2) is 4.77. The number of rotatable bonds is 4. The van der Waals surface area contributed by atoms with Crippen LogP contribution < -0.4 is 5.73 Å². The molecule has 0 aliphatic rings. The summed E-state index contributed by atoms with van der Waals surface area (Å²) in [5, 5.41) is 6.88. The van der Waals surface area contributed by atoms with E-state index in [4.69, 9.17) is 5.73 Å². The second-order valence-electron chi connectivity index (χ2n) is 3.35. The molecule has 1 unspecified atom stereocenters. The monoisotopic (exact) mass is 212 g/mol. The predicted molar refractivity (Wildman–Crippen MR) is 55.2 cm³/mol. The first-order valence-electron chi connectivity index (χ1n) is 5.00. The number of nitrogen functional groups attached to an aromatic ring is 1. The number of carbonyl (C=O) groups is 1. The lowest BCUT2D eigenvalue weighted by molar-refractivity contribution is 0.0689. The van der Waals surface area contributed by atoms with Gasteiger partial charge in [-0.05, 0) is 30.6 Å². The fraction of sp³-hybridized carbons (Fsp3) is 0.667. The summed E-state index contributed by atoms with van der Waals surface area (Å²) in [6, 6.07) is 0.151. The summed E-state index contributed by atoms with van der Waals surface area (Å²) in [7, 11) is 0. The Kier molecular flexibility index (Phi) is 3.65. The van der Waals surface area contributed by atoms with Crippen LogP contribution in [0.4, 0.5) is 5.82 Å². The molecule has 84 valence electrons. The quantitative estimate of drug-likeness (QED) is 0.801. The van der Waals surface area contributed by atoms with Crippen molar-refractivity contribution in [3.63, 3.8) is 0 Å². The average molecular weight is 212 g/mol. The van der Waals surface area contributed by atoms with Crippen LogP contribution in [0.15, 0.2) is 4.63 Å². The zero-order chi connectivity index (χ0) is 11.4. The van der Waals surface area contributed by atoms with E-state index < -0.39 is 0 Å².